The topological polar surface area (TPSA) is 100 Å². The summed E-state index contributed by atoms with van der Waals surface area (Å²) >= 11 is 0. The second-order valence-corrected chi connectivity index (χ2v) is 7.18. The van der Waals surface area contributed by atoms with Crippen molar-refractivity contribution >= 4 is 27.7 Å². The second kappa shape index (κ2) is 8.51. The third kappa shape index (κ3) is 3.96. The molecular formula is C23H24N4O4. The summed E-state index contributed by atoms with van der Waals surface area (Å²) in [7, 11) is 3.04. The highest BCUT2D eigenvalue weighted by atomic mass is 16.5. The molecule has 2 heterocycles. The van der Waals surface area contributed by atoms with Crippen molar-refractivity contribution in [2.45, 2.75) is 19.9 Å². The molecule has 2 N–H and O–H groups in total. The van der Waals surface area contributed by atoms with Crippen LogP contribution in [0.25, 0.3) is 21.8 Å². The van der Waals surface area contributed by atoms with E-state index >= 15 is 0 Å². The van der Waals surface area contributed by atoms with Crippen LogP contribution in [0.15, 0.2) is 47.4 Å². The van der Waals surface area contributed by atoms with E-state index in [0.717, 1.165) is 16.5 Å². The van der Waals surface area contributed by atoms with Gasteiger partial charge in [-0.15, -0.1) is 0 Å². The first-order valence-electron chi connectivity index (χ1n) is 10.0. The van der Waals surface area contributed by atoms with E-state index in [1.165, 1.54) is 14.2 Å². The zero-order chi connectivity index (χ0) is 22.0. The average molecular weight is 420 g/mol. The van der Waals surface area contributed by atoms with Gasteiger partial charge in [0.25, 0.3) is 5.56 Å². The molecule has 0 saturated carbocycles. The number of hydrogen-bond acceptors (Lipinski definition) is 5. The number of benzene rings is 2. The Morgan fingerprint density at radius 1 is 1.10 bits per heavy atom. The van der Waals surface area contributed by atoms with Gasteiger partial charge < -0.3 is 24.3 Å². The molecule has 2 aromatic carbocycles. The monoisotopic (exact) mass is 420 g/mol. The second-order valence-electron chi connectivity index (χ2n) is 7.18. The molecule has 160 valence electrons. The van der Waals surface area contributed by atoms with Crippen molar-refractivity contribution in [3.8, 4) is 11.5 Å². The molecule has 0 radical (unpaired) electrons. The lowest BCUT2D eigenvalue weighted by molar-refractivity contribution is -0.130. The van der Waals surface area contributed by atoms with Gasteiger partial charge in [-0.05, 0) is 24.6 Å². The lowest BCUT2D eigenvalue weighted by atomic mass is 10.1. The summed E-state index contributed by atoms with van der Waals surface area (Å²) in [6.45, 7) is 2.60. The molecule has 0 saturated heterocycles. The summed E-state index contributed by atoms with van der Waals surface area (Å²) in [6, 6.07) is 11.1. The molecule has 8 heteroatoms. The highest BCUT2D eigenvalue weighted by Crippen LogP contribution is 2.30. The minimum Gasteiger partial charge on any atom is -0.493 e. The van der Waals surface area contributed by atoms with Crippen LogP contribution in [0.4, 0.5) is 0 Å². The quantitative estimate of drug-likeness (QED) is 0.479. The molecule has 8 nitrogen and oxygen atoms in total. The van der Waals surface area contributed by atoms with E-state index in [2.05, 4.69) is 15.0 Å². The number of rotatable bonds is 7. The van der Waals surface area contributed by atoms with Crippen LogP contribution in [0, 0.1) is 0 Å². The standard InChI is InChI=1S/C23H24N4O4/c1-4-27(22(28)9-14-12-24-17-8-6-5-7-15(14)17)13-21-25-18-11-20(31-3)19(30-2)10-16(18)23(29)26-21/h5-8,10-12,24H,4,9,13H2,1-3H3,(H,25,26,29). The Morgan fingerprint density at radius 2 is 1.84 bits per heavy atom. The predicted octanol–water partition coefficient (Wildman–Crippen LogP) is 3.01. The maximum absolute atomic E-state index is 13.0. The molecule has 0 unspecified atom stereocenters. The van der Waals surface area contributed by atoms with Crippen molar-refractivity contribution < 1.29 is 14.3 Å². The highest BCUT2D eigenvalue weighted by Gasteiger charge is 2.17. The lowest BCUT2D eigenvalue weighted by Crippen LogP contribution is -2.33. The van der Waals surface area contributed by atoms with Crippen molar-refractivity contribution in [2.75, 3.05) is 20.8 Å². The number of aromatic nitrogens is 3. The van der Waals surface area contributed by atoms with Gasteiger partial charge >= 0.3 is 0 Å². The van der Waals surface area contributed by atoms with Crippen molar-refractivity contribution in [3.63, 3.8) is 0 Å². The number of amides is 1. The normalized spacial score (nSPS) is 11.1. The number of H-pyrrole nitrogens is 2. The Labute approximate surface area is 178 Å². The van der Waals surface area contributed by atoms with E-state index in [4.69, 9.17) is 9.47 Å². The Kier molecular flexibility index (Phi) is 5.62. The number of nitrogens with one attached hydrogen (secondary N) is 2. The van der Waals surface area contributed by atoms with Crippen LogP contribution in [0.1, 0.15) is 18.3 Å². The van der Waals surface area contributed by atoms with Gasteiger partial charge in [0.05, 0.1) is 38.1 Å². The molecule has 0 bridgehead atoms. The molecule has 1 amide bonds. The fourth-order valence-corrected chi connectivity index (χ4v) is 3.70. The minimum absolute atomic E-state index is 0.0395. The zero-order valence-corrected chi connectivity index (χ0v) is 17.7. The molecule has 0 aliphatic carbocycles. The van der Waals surface area contributed by atoms with Gasteiger partial charge in [-0.25, -0.2) is 4.98 Å². The Balaban J connectivity index is 1.60. The molecule has 2 aromatic heterocycles. The summed E-state index contributed by atoms with van der Waals surface area (Å²) in [5.41, 5.74) is 2.13. The number of para-hydroxylation sites is 1. The number of methoxy groups -OCH3 is 2. The van der Waals surface area contributed by atoms with E-state index in [0.29, 0.717) is 34.8 Å². The van der Waals surface area contributed by atoms with Gasteiger partial charge in [0.2, 0.25) is 5.91 Å². The largest absolute Gasteiger partial charge is 0.493 e. The number of fused-ring (bicyclic) bond motifs is 2. The molecule has 0 spiro atoms. The fraction of sp³-hybridized carbons (Fsp3) is 0.261. The molecule has 0 aliphatic heterocycles. The van der Waals surface area contributed by atoms with Crippen molar-refractivity contribution in [2.24, 2.45) is 0 Å². The van der Waals surface area contributed by atoms with Crippen LogP contribution >= 0.6 is 0 Å². The summed E-state index contributed by atoms with van der Waals surface area (Å²) in [5.74, 6) is 1.32. The third-order valence-corrected chi connectivity index (χ3v) is 5.35. The van der Waals surface area contributed by atoms with Gasteiger partial charge in [-0.3, -0.25) is 9.59 Å². The molecule has 31 heavy (non-hydrogen) atoms. The first kappa shape index (κ1) is 20.5. The summed E-state index contributed by atoms with van der Waals surface area (Å²) < 4.78 is 10.6. The molecule has 0 aliphatic rings. The number of carbonyl (C=O) groups is 1. The van der Waals surface area contributed by atoms with Gasteiger partial charge in [0.15, 0.2) is 11.5 Å². The maximum Gasteiger partial charge on any atom is 0.258 e. The van der Waals surface area contributed by atoms with Crippen LogP contribution in [0.5, 0.6) is 11.5 Å². The van der Waals surface area contributed by atoms with Crippen molar-refractivity contribution in [1.29, 1.82) is 0 Å². The van der Waals surface area contributed by atoms with Gasteiger partial charge in [0.1, 0.15) is 5.82 Å². The molecule has 4 aromatic rings. The van der Waals surface area contributed by atoms with E-state index < -0.39 is 0 Å². The molecule has 4 rings (SSSR count). The first-order valence-corrected chi connectivity index (χ1v) is 10.0. The van der Waals surface area contributed by atoms with Crippen molar-refractivity contribution in [1.82, 2.24) is 19.9 Å². The maximum atomic E-state index is 13.0. The van der Waals surface area contributed by atoms with E-state index in [-0.39, 0.29) is 24.4 Å². The minimum atomic E-state index is -0.291. The average Bonchev–Trinajstić information content (AvgIpc) is 3.19. The van der Waals surface area contributed by atoms with Crippen LogP contribution < -0.4 is 15.0 Å². The molecular weight excluding hydrogens is 396 g/mol. The van der Waals surface area contributed by atoms with Gasteiger partial charge in [-0.2, -0.15) is 0 Å². The fourth-order valence-electron chi connectivity index (χ4n) is 3.70. The highest BCUT2D eigenvalue weighted by molar-refractivity contribution is 5.89. The van der Waals surface area contributed by atoms with Crippen LogP contribution in [0.2, 0.25) is 0 Å². The number of likely N-dealkylation sites (N-methyl/N-ethyl adjacent to an activating group) is 1. The van der Waals surface area contributed by atoms with E-state index in [9.17, 15) is 9.59 Å². The number of ether oxygens (including phenoxy) is 2. The van der Waals surface area contributed by atoms with Crippen molar-refractivity contribution in [3.05, 3.63) is 64.3 Å². The van der Waals surface area contributed by atoms with Gasteiger partial charge in [-0.1, -0.05) is 18.2 Å². The van der Waals surface area contributed by atoms with Crippen LogP contribution in [0.3, 0.4) is 0 Å². The number of carbonyl (C=O) groups excluding carboxylic acids is 1. The van der Waals surface area contributed by atoms with Crippen LogP contribution in [-0.2, 0) is 17.8 Å². The Morgan fingerprint density at radius 3 is 2.58 bits per heavy atom. The Bertz CT molecular complexity index is 1310. The summed E-state index contributed by atoms with van der Waals surface area (Å²) in [6.07, 6.45) is 2.13. The zero-order valence-electron chi connectivity index (χ0n) is 17.7. The van der Waals surface area contributed by atoms with E-state index in [1.54, 1.807) is 17.0 Å². The van der Waals surface area contributed by atoms with E-state index in [1.807, 2.05) is 37.4 Å². The SMILES string of the molecule is CCN(Cc1nc2cc(OC)c(OC)cc2c(=O)[nH]1)C(=O)Cc1c[nH]c2ccccc12. The first-order chi connectivity index (χ1) is 15.0. The number of nitrogens with zero attached hydrogens (tertiary/aromatic N) is 2. The lowest BCUT2D eigenvalue weighted by Gasteiger charge is -2.20. The predicted molar refractivity (Wildman–Crippen MR) is 119 cm³/mol. The number of aromatic amines is 2. The summed E-state index contributed by atoms with van der Waals surface area (Å²) in [5, 5.41) is 1.43. The Hall–Kier alpha value is -3.81. The summed E-state index contributed by atoms with van der Waals surface area (Å²) in [4.78, 5) is 37.8. The molecule has 0 atom stereocenters. The van der Waals surface area contributed by atoms with Crippen LogP contribution in [-0.4, -0.2) is 46.5 Å². The molecule has 0 fully saturated rings. The van der Waals surface area contributed by atoms with Gasteiger partial charge in [0, 0.05) is 29.7 Å². The third-order valence-electron chi connectivity index (χ3n) is 5.35. The number of hydrogen-bond donors (Lipinski definition) is 2. The smallest absolute Gasteiger partial charge is 0.258 e.